The lowest BCUT2D eigenvalue weighted by atomic mass is 9.99. The Balaban J connectivity index is 2.20. The van der Waals surface area contributed by atoms with E-state index >= 15 is 0 Å². The van der Waals surface area contributed by atoms with E-state index in [0.29, 0.717) is 6.54 Å². The lowest BCUT2D eigenvalue weighted by molar-refractivity contribution is -0.127. The highest BCUT2D eigenvalue weighted by molar-refractivity contribution is 5.81. The molecule has 0 aromatic heterocycles. The predicted molar refractivity (Wildman–Crippen MR) is 70.4 cm³/mol. The SMILES string of the molecule is Cc1ccc2c(c1)CCCN2CC(=O)N(C)C. The maximum Gasteiger partial charge on any atom is 0.241 e. The Morgan fingerprint density at radius 2 is 2.18 bits per heavy atom. The van der Waals surface area contributed by atoms with E-state index < -0.39 is 0 Å². The summed E-state index contributed by atoms with van der Waals surface area (Å²) >= 11 is 0. The third-order valence-electron chi connectivity index (χ3n) is 3.27. The predicted octanol–water partition coefficient (Wildman–Crippen LogP) is 1.84. The van der Waals surface area contributed by atoms with Crippen molar-refractivity contribution >= 4 is 11.6 Å². The molecule has 3 heteroatoms. The van der Waals surface area contributed by atoms with Gasteiger partial charge in [-0.3, -0.25) is 4.79 Å². The van der Waals surface area contributed by atoms with Gasteiger partial charge in [0, 0.05) is 26.3 Å². The van der Waals surface area contributed by atoms with Gasteiger partial charge in [0.2, 0.25) is 5.91 Å². The molecule has 17 heavy (non-hydrogen) atoms. The maximum absolute atomic E-state index is 11.8. The van der Waals surface area contributed by atoms with Gasteiger partial charge in [0.25, 0.3) is 0 Å². The Bertz CT molecular complexity index is 426. The van der Waals surface area contributed by atoms with Crippen LogP contribution in [0.1, 0.15) is 17.5 Å². The minimum absolute atomic E-state index is 0.165. The lowest BCUT2D eigenvalue weighted by Crippen LogP contribution is -2.39. The van der Waals surface area contributed by atoms with E-state index in [1.165, 1.54) is 16.8 Å². The fraction of sp³-hybridized carbons (Fsp3) is 0.500. The van der Waals surface area contributed by atoms with Gasteiger partial charge in [-0.2, -0.15) is 0 Å². The van der Waals surface area contributed by atoms with Crippen LogP contribution in [0.15, 0.2) is 18.2 Å². The monoisotopic (exact) mass is 232 g/mol. The van der Waals surface area contributed by atoms with Crippen LogP contribution in [0.25, 0.3) is 0 Å². The summed E-state index contributed by atoms with van der Waals surface area (Å²) < 4.78 is 0. The van der Waals surface area contributed by atoms with Crippen LogP contribution in [0.2, 0.25) is 0 Å². The Kier molecular flexibility index (Phi) is 3.36. The fourth-order valence-electron chi connectivity index (χ4n) is 2.27. The third-order valence-corrected chi connectivity index (χ3v) is 3.27. The first kappa shape index (κ1) is 12.0. The average Bonchev–Trinajstić information content (AvgIpc) is 2.28. The van der Waals surface area contributed by atoms with E-state index in [1.54, 1.807) is 4.90 Å². The van der Waals surface area contributed by atoms with E-state index in [-0.39, 0.29) is 5.91 Å². The van der Waals surface area contributed by atoms with Crippen LogP contribution < -0.4 is 4.90 Å². The molecule has 0 saturated carbocycles. The fourth-order valence-corrected chi connectivity index (χ4v) is 2.27. The molecule has 1 amide bonds. The molecule has 0 N–H and O–H groups in total. The number of rotatable bonds is 2. The van der Waals surface area contributed by atoms with E-state index in [2.05, 4.69) is 30.0 Å². The number of likely N-dealkylation sites (N-methyl/N-ethyl adjacent to an activating group) is 1. The van der Waals surface area contributed by atoms with Crippen LogP contribution in [-0.4, -0.2) is 38.0 Å². The van der Waals surface area contributed by atoms with E-state index in [9.17, 15) is 4.79 Å². The van der Waals surface area contributed by atoms with Crippen LogP contribution >= 0.6 is 0 Å². The van der Waals surface area contributed by atoms with Crippen molar-refractivity contribution in [3.05, 3.63) is 29.3 Å². The molecule has 3 nitrogen and oxygen atoms in total. The summed E-state index contributed by atoms with van der Waals surface area (Å²) in [5, 5.41) is 0. The van der Waals surface area contributed by atoms with Crippen LogP contribution in [0.5, 0.6) is 0 Å². The first-order chi connectivity index (χ1) is 8.08. The summed E-state index contributed by atoms with van der Waals surface area (Å²) in [6.45, 7) is 3.59. The van der Waals surface area contributed by atoms with Gasteiger partial charge in [-0.25, -0.2) is 0 Å². The van der Waals surface area contributed by atoms with E-state index in [0.717, 1.165) is 19.4 Å². The summed E-state index contributed by atoms with van der Waals surface area (Å²) in [4.78, 5) is 15.6. The number of carbonyl (C=O) groups excluding carboxylic acids is 1. The molecule has 1 aliphatic rings. The van der Waals surface area contributed by atoms with Gasteiger partial charge in [0.15, 0.2) is 0 Å². The van der Waals surface area contributed by atoms with Crippen molar-refractivity contribution in [1.29, 1.82) is 0 Å². The number of carbonyl (C=O) groups is 1. The second kappa shape index (κ2) is 4.78. The van der Waals surface area contributed by atoms with Crippen LogP contribution in [-0.2, 0) is 11.2 Å². The quantitative estimate of drug-likeness (QED) is 0.776. The molecule has 0 spiro atoms. The smallest absolute Gasteiger partial charge is 0.241 e. The number of nitrogens with zero attached hydrogens (tertiary/aromatic N) is 2. The Hall–Kier alpha value is -1.51. The summed E-state index contributed by atoms with van der Waals surface area (Å²) in [5.74, 6) is 0.165. The van der Waals surface area contributed by atoms with E-state index in [4.69, 9.17) is 0 Å². The first-order valence-electron chi connectivity index (χ1n) is 6.12. The van der Waals surface area contributed by atoms with Crippen molar-refractivity contribution in [1.82, 2.24) is 4.90 Å². The van der Waals surface area contributed by atoms with Gasteiger partial charge < -0.3 is 9.80 Å². The molecule has 2 rings (SSSR count). The number of hydrogen-bond donors (Lipinski definition) is 0. The minimum Gasteiger partial charge on any atom is -0.362 e. The summed E-state index contributed by atoms with van der Waals surface area (Å²) in [6.07, 6.45) is 2.26. The molecule has 92 valence electrons. The molecule has 0 atom stereocenters. The number of aryl methyl sites for hydroxylation is 2. The molecule has 1 aliphatic heterocycles. The summed E-state index contributed by atoms with van der Waals surface area (Å²) in [6, 6.07) is 6.51. The van der Waals surface area contributed by atoms with Crippen molar-refractivity contribution in [2.45, 2.75) is 19.8 Å². The summed E-state index contributed by atoms with van der Waals surface area (Å²) in [7, 11) is 3.62. The molecule has 0 aliphatic carbocycles. The first-order valence-corrected chi connectivity index (χ1v) is 6.12. The van der Waals surface area contributed by atoms with Gasteiger partial charge in [-0.15, -0.1) is 0 Å². The van der Waals surface area contributed by atoms with Crippen LogP contribution in [0.4, 0.5) is 5.69 Å². The van der Waals surface area contributed by atoms with Crippen molar-refractivity contribution < 1.29 is 4.79 Å². The summed E-state index contributed by atoms with van der Waals surface area (Å²) in [5.41, 5.74) is 3.91. The van der Waals surface area contributed by atoms with Gasteiger partial charge >= 0.3 is 0 Å². The van der Waals surface area contributed by atoms with Gasteiger partial charge in [-0.05, 0) is 31.4 Å². The Morgan fingerprint density at radius 1 is 1.41 bits per heavy atom. The standard InChI is InChI=1S/C14H20N2O/c1-11-6-7-13-12(9-11)5-4-8-16(13)10-14(17)15(2)3/h6-7,9H,4-5,8,10H2,1-3H3. The third kappa shape index (κ3) is 2.60. The second-order valence-electron chi connectivity index (χ2n) is 4.95. The zero-order valence-corrected chi connectivity index (χ0v) is 10.9. The maximum atomic E-state index is 11.8. The van der Waals surface area contributed by atoms with Crippen molar-refractivity contribution in [2.24, 2.45) is 0 Å². The average molecular weight is 232 g/mol. The number of amides is 1. The molecular weight excluding hydrogens is 212 g/mol. The number of benzene rings is 1. The number of hydrogen-bond acceptors (Lipinski definition) is 2. The largest absolute Gasteiger partial charge is 0.362 e. The van der Waals surface area contributed by atoms with Gasteiger partial charge in [0.05, 0.1) is 6.54 Å². The number of anilines is 1. The zero-order chi connectivity index (χ0) is 12.4. The molecule has 0 bridgehead atoms. The molecule has 0 radical (unpaired) electrons. The van der Waals surface area contributed by atoms with Gasteiger partial charge in [-0.1, -0.05) is 17.7 Å². The highest BCUT2D eigenvalue weighted by Crippen LogP contribution is 2.27. The number of fused-ring (bicyclic) bond motifs is 1. The Labute approximate surface area is 103 Å². The minimum atomic E-state index is 0.165. The lowest BCUT2D eigenvalue weighted by Gasteiger charge is -2.31. The van der Waals surface area contributed by atoms with Crippen molar-refractivity contribution in [3.8, 4) is 0 Å². The molecule has 0 fully saturated rings. The molecule has 1 aromatic rings. The molecular formula is C14H20N2O. The van der Waals surface area contributed by atoms with Crippen molar-refractivity contribution in [2.75, 3.05) is 32.1 Å². The zero-order valence-electron chi connectivity index (χ0n) is 10.9. The second-order valence-corrected chi connectivity index (χ2v) is 4.95. The molecule has 0 unspecified atom stereocenters. The van der Waals surface area contributed by atoms with E-state index in [1.807, 2.05) is 14.1 Å². The van der Waals surface area contributed by atoms with Crippen LogP contribution in [0, 0.1) is 6.92 Å². The van der Waals surface area contributed by atoms with Crippen LogP contribution in [0.3, 0.4) is 0 Å². The molecule has 1 heterocycles. The molecule has 1 aromatic carbocycles. The van der Waals surface area contributed by atoms with Crippen molar-refractivity contribution in [3.63, 3.8) is 0 Å². The highest BCUT2D eigenvalue weighted by Gasteiger charge is 2.19. The Morgan fingerprint density at radius 3 is 2.88 bits per heavy atom. The normalized spacial score (nSPS) is 14.4. The topological polar surface area (TPSA) is 23.6 Å². The molecule has 0 saturated heterocycles. The van der Waals surface area contributed by atoms with Gasteiger partial charge in [0.1, 0.15) is 0 Å². The highest BCUT2D eigenvalue weighted by atomic mass is 16.2.